The molecule has 1 atom stereocenters. The number of hydroxylamine groups is 2. The second-order valence-corrected chi connectivity index (χ2v) is 2.42. The van der Waals surface area contributed by atoms with Gasteiger partial charge in [-0.2, -0.15) is 0 Å². The molecule has 0 saturated carbocycles. The van der Waals surface area contributed by atoms with Crippen molar-refractivity contribution in [2.75, 3.05) is 20.8 Å². The van der Waals surface area contributed by atoms with Crippen LogP contribution in [0, 0.1) is 0 Å². The summed E-state index contributed by atoms with van der Waals surface area (Å²) in [6, 6.07) is 0. The van der Waals surface area contributed by atoms with Gasteiger partial charge in [-0.15, -0.1) is 0 Å². The predicted octanol–water partition coefficient (Wildman–Crippen LogP) is -1.25. The zero-order valence-corrected chi connectivity index (χ0v) is 6.87. The Morgan fingerprint density at radius 3 is 2.45 bits per heavy atom. The quantitative estimate of drug-likeness (QED) is 0.510. The molecule has 66 valence electrons. The maximum atomic E-state index is 11.0. The molecule has 0 unspecified atom stereocenters. The second-order valence-electron chi connectivity index (χ2n) is 2.42. The summed E-state index contributed by atoms with van der Waals surface area (Å²) in [4.78, 5) is 15.5. The van der Waals surface area contributed by atoms with Gasteiger partial charge in [-0.1, -0.05) is 0 Å². The van der Waals surface area contributed by atoms with Crippen LogP contribution in [0.25, 0.3) is 0 Å². The maximum absolute atomic E-state index is 11.0. The van der Waals surface area contributed by atoms with Gasteiger partial charge < -0.3 is 10.2 Å². The number of carbonyl (C=O) groups excluding carboxylic acids is 1. The molecular formula is C6H13NO4. The lowest BCUT2D eigenvalue weighted by Gasteiger charge is -2.24. The summed E-state index contributed by atoms with van der Waals surface area (Å²) in [5, 5.41) is 18.6. The number of likely N-dealkylation sites (N-methyl/N-ethyl adjacent to an activating group) is 1. The van der Waals surface area contributed by atoms with E-state index in [0.29, 0.717) is 0 Å². The van der Waals surface area contributed by atoms with Crippen LogP contribution in [-0.2, 0) is 9.63 Å². The molecule has 0 spiro atoms. The molecule has 0 aliphatic rings. The maximum Gasteiger partial charge on any atom is 0.279 e. The SMILES string of the molecule is CON(C)C(=O)[C@@](C)(O)CO. The molecule has 0 radical (unpaired) electrons. The summed E-state index contributed by atoms with van der Waals surface area (Å²) in [7, 11) is 2.65. The zero-order valence-electron chi connectivity index (χ0n) is 6.87. The van der Waals surface area contributed by atoms with E-state index in [1.165, 1.54) is 21.1 Å². The molecule has 0 aromatic carbocycles. The Morgan fingerprint density at radius 2 is 2.18 bits per heavy atom. The minimum absolute atomic E-state index is 0.625. The first-order valence-corrected chi connectivity index (χ1v) is 3.11. The average molecular weight is 163 g/mol. The summed E-state index contributed by atoms with van der Waals surface area (Å²) in [5.41, 5.74) is -1.76. The van der Waals surface area contributed by atoms with Gasteiger partial charge in [0.25, 0.3) is 5.91 Å². The molecule has 2 N–H and O–H groups in total. The Kier molecular flexibility index (Phi) is 3.44. The molecule has 0 rings (SSSR count). The van der Waals surface area contributed by atoms with E-state index < -0.39 is 18.1 Å². The minimum atomic E-state index is -1.76. The molecule has 0 heterocycles. The lowest BCUT2D eigenvalue weighted by molar-refractivity contribution is -0.190. The van der Waals surface area contributed by atoms with Crippen LogP contribution in [0.4, 0.5) is 0 Å². The van der Waals surface area contributed by atoms with Crippen molar-refractivity contribution in [1.29, 1.82) is 0 Å². The van der Waals surface area contributed by atoms with Gasteiger partial charge in [0, 0.05) is 7.05 Å². The van der Waals surface area contributed by atoms with Crippen molar-refractivity contribution in [3.05, 3.63) is 0 Å². The minimum Gasteiger partial charge on any atom is -0.393 e. The van der Waals surface area contributed by atoms with Crippen molar-refractivity contribution in [2.24, 2.45) is 0 Å². The molecule has 0 saturated heterocycles. The molecule has 11 heavy (non-hydrogen) atoms. The van der Waals surface area contributed by atoms with E-state index in [9.17, 15) is 9.90 Å². The van der Waals surface area contributed by atoms with Crippen molar-refractivity contribution in [3.63, 3.8) is 0 Å². The van der Waals surface area contributed by atoms with Crippen LogP contribution in [0.15, 0.2) is 0 Å². The number of hydrogen-bond acceptors (Lipinski definition) is 4. The van der Waals surface area contributed by atoms with E-state index in [4.69, 9.17) is 5.11 Å². The monoisotopic (exact) mass is 163 g/mol. The number of hydrogen-bond donors (Lipinski definition) is 2. The van der Waals surface area contributed by atoms with Crippen molar-refractivity contribution in [1.82, 2.24) is 5.06 Å². The Hall–Kier alpha value is -0.650. The third-order valence-corrected chi connectivity index (χ3v) is 1.33. The third kappa shape index (κ3) is 2.45. The van der Waals surface area contributed by atoms with Crippen LogP contribution in [0.1, 0.15) is 6.92 Å². The summed E-state index contributed by atoms with van der Waals surface area (Å²) in [6.45, 7) is 0.588. The lowest BCUT2D eigenvalue weighted by Crippen LogP contribution is -2.47. The van der Waals surface area contributed by atoms with Gasteiger partial charge in [0.2, 0.25) is 0 Å². The highest BCUT2D eigenvalue weighted by Gasteiger charge is 2.32. The Bertz CT molecular complexity index is 146. The van der Waals surface area contributed by atoms with Crippen LogP contribution >= 0.6 is 0 Å². The number of nitrogens with zero attached hydrogens (tertiary/aromatic N) is 1. The summed E-state index contributed by atoms with van der Waals surface area (Å²) in [6.07, 6.45) is 0. The van der Waals surface area contributed by atoms with Gasteiger partial charge in [-0.3, -0.25) is 9.63 Å². The van der Waals surface area contributed by atoms with Crippen LogP contribution in [0.2, 0.25) is 0 Å². The van der Waals surface area contributed by atoms with Crippen LogP contribution in [0.5, 0.6) is 0 Å². The molecule has 0 bridgehead atoms. The first-order chi connectivity index (χ1) is 4.95. The number of rotatable bonds is 3. The Labute approximate surface area is 65.1 Å². The number of amides is 1. The molecule has 0 aliphatic heterocycles. The smallest absolute Gasteiger partial charge is 0.279 e. The largest absolute Gasteiger partial charge is 0.393 e. The molecule has 0 aromatic rings. The highest BCUT2D eigenvalue weighted by Crippen LogP contribution is 2.05. The molecule has 0 fully saturated rings. The highest BCUT2D eigenvalue weighted by atomic mass is 16.7. The summed E-state index contributed by atoms with van der Waals surface area (Å²) >= 11 is 0. The molecular weight excluding hydrogens is 150 g/mol. The zero-order chi connectivity index (χ0) is 9.07. The number of carbonyl (C=O) groups is 1. The lowest BCUT2D eigenvalue weighted by atomic mass is 10.1. The van der Waals surface area contributed by atoms with E-state index in [1.54, 1.807) is 0 Å². The van der Waals surface area contributed by atoms with Gasteiger partial charge in [0.05, 0.1) is 13.7 Å². The Balaban J connectivity index is 4.23. The predicted molar refractivity (Wildman–Crippen MR) is 37.5 cm³/mol. The van der Waals surface area contributed by atoms with Gasteiger partial charge in [-0.05, 0) is 6.92 Å². The fourth-order valence-electron chi connectivity index (χ4n) is 0.490. The summed E-state index contributed by atoms with van der Waals surface area (Å²) in [5.74, 6) is -0.678. The average Bonchev–Trinajstić information content (AvgIpc) is 2.01. The second kappa shape index (κ2) is 3.66. The van der Waals surface area contributed by atoms with Gasteiger partial charge in [0.15, 0.2) is 5.60 Å². The van der Waals surface area contributed by atoms with E-state index >= 15 is 0 Å². The highest BCUT2D eigenvalue weighted by molar-refractivity contribution is 5.83. The number of aliphatic hydroxyl groups is 2. The molecule has 1 amide bonds. The molecule has 5 heteroatoms. The molecule has 0 aliphatic carbocycles. The Morgan fingerprint density at radius 1 is 1.73 bits per heavy atom. The normalized spacial score (nSPS) is 15.7. The topological polar surface area (TPSA) is 70.0 Å². The third-order valence-electron chi connectivity index (χ3n) is 1.33. The van der Waals surface area contributed by atoms with Crippen molar-refractivity contribution >= 4 is 5.91 Å². The van der Waals surface area contributed by atoms with Crippen LogP contribution < -0.4 is 0 Å². The first kappa shape index (κ1) is 10.3. The van der Waals surface area contributed by atoms with Crippen LogP contribution in [-0.4, -0.2) is 47.5 Å². The molecule has 0 aromatic heterocycles. The molecule has 5 nitrogen and oxygen atoms in total. The van der Waals surface area contributed by atoms with Crippen LogP contribution in [0.3, 0.4) is 0 Å². The standard InChI is InChI=1S/C6H13NO4/c1-6(10,4-8)5(9)7(2)11-3/h8,10H,4H2,1-3H3/t6-/m0/s1. The fraction of sp³-hybridized carbons (Fsp3) is 0.833. The van der Waals surface area contributed by atoms with Crippen molar-refractivity contribution in [2.45, 2.75) is 12.5 Å². The van der Waals surface area contributed by atoms with Gasteiger partial charge in [-0.25, -0.2) is 5.06 Å². The van der Waals surface area contributed by atoms with Gasteiger partial charge in [0.1, 0.15) is 0 Å². The van der Waals surface area contributed by atoms with Crippen molar-refractivity contribution < 1.29 is 19.8 Å². The van der Waals surface area contributed by atoms with Gasteiger partial charge >= 0.3 is 0 Å². The first-order valence-electron chi connectivity index (χ1n) is 3.11. The van der Waals surface area contributed by atoms with E-state index in [-0.39, 0.29) is 0 Å². The van der Waals surface area contributed by atoms with Crippen molar-refractivity contribution in [3.8, 4) is 0 Å². The van der Waals surface area contributed by atoms with E-state index in [0.717, 1.165) is 5.06 Å². The fourth-order valence-corrected chi connectivity index (χ4v) is 0.490. The van der Waals surface area contributed by atoms with E-state index in [2.05, 4.69) is 4.84 Å². The number of aliphatic hydroxyl groups excluding tert-OH is 1. The van der Waals surface area contributed by atoms with E-state index in [1.807, 2.05) is 0 Å². The summed E-state index contributed by atoms with van der Waals surface area (Å²) < 4.78 is 0.